The minimum atomic E-state index is -4.35. The van der Waals surface area contributed by atoms with Crippen molar-refractivity contribution in [3.8, 4) is 5.75 Å². The summed E-state index contributed by atoms with van der Waals surface area (Å²) >= 11 is 1.35. The maximum atomic E-state index is 11.1. The quantitative estimate of drug-likeness (QED) is 0.125. The largest absolute Gasteiger partial charge is 0.506 e. The molecule has 6 nitrogen and oxygen atoms in total. The Morgan fingerprint density at radius 2 is 1.53 bits per heavy atom. The van der Waals surface area contributed by atoms with Gasteiger partial charge in [0.2, 0.25) is 0 Å². The van der Waals surface area contributed by atoms with Crippen molar-refractivity contribution in [2.24, 2.45) is 5.73 Å². The molecule has 0 spiro atoms. The second-order valence-corrected chi connectivity index (χ2v) is 10.0. The summed E-state index contributed by atoms with van der Waals surface area (Å²) < 4.78 is 31.2. The van der Waals surface area contributed by atoms with E-state index >= 15 is 0 Å². The molecule has 0 unspecified atom stereocenters. The lowest BCUT2D eigenvalue weighted by Gasteiger charge is -2.06. The first-order chi connectivity index (χ1) is 15.2. The van der Waals surface area contributed by atoms with Crippen molar-refractivity contribution in [1.82, 2.24) is 0 Å². The summed E-state index contributed by atoms with van der Waals surface area (Å²) in [5.41, 5.74) is 7.21. The molecule has 0 aliphatic carbocycles. The summed E-state index contributed by atoms with van der Waals surface area (Å²) in [6.45, 7) is 2.21. The Bertz CT molecular complexity index is 903. The van der Waals surface area contributed by atoms with Crippen LogP contribution in [-0.4, -0.2) is 23.2 Å². The van der Waals surface area contributed by atoms with E-state index in [1.165, 1.54) is 68.0 Å². The highest BCUT2D eigenvalue weighted by atomic mass is 32.2. The fraction of sp³-hybridized carbons (Fsp3) is 0.458. The Hall–Kier alpha value is -2.03. The van der Waals surface area contributed by atoms with Gasteiger partial charge in [-0.05, 0) is 36.1 Å². The number of benzene rings is 2. The SMILES string of the molecule is CCCCCCCCCCc1ccc(O)c(S(=O)(=O)O)c1.N=C(N)SCc1ccccc1. The molecule has 5 N–H and O–H groups in total. The molecule has 0 radical (unpaired) electrons. The van der Waals surface area contributed by atoms with Gasteiger partial charge in [0.05, 0.1) is 0 Å². The van der Waals surface area contributed by atoms with E-state index < -0.39 is 20.8 Å². The number of phenols is 1. The minimum absolute atomic E-state index is 0.175. The third-order valence-electron chi connectivity index (χ3n) is 4.86. The Morgan fingerprint density at radius 1 is 0.938 bits per heavy atom. The molecular formula is C24H36N2O4S2. The van der Waals surface area contributed by atoms with Gasteiger partial charge >= 0.3 is 0 Å². The molecule has 2 aromatic rings. The Morgan fingerprint density at radius 3 is 2.09 bits per heavy atom. The number of thioether (sulfide) groups is 1. The molecule has 0 saturated heterocycles. The lowest BCUT2D eigenvalue weighted by atomic mass is 10.0. The number of unbranched alkanes of at least 4 members (excludes halogenated alkanes) is 7. The minimum Gasteiger partial charge on any atom is -0.506 e. The summed E-state index contributed by atoms with van der Waals surface area (Å²) in [5.74, 6) is 0.382. The number of nitrogens with one attached hydrogen (secondary N) is 1. The molecule has 0 saturated carbocycles. The number of nitrogens with two attached hydrogens (primary N) is 1. The van der Waals surface area contributed by atoms with Gasteiger partial charge in [-0.1, -0.05) is 100 Å². The highest BCUT2D eigenvalue weighted by Crippen LogP contribution is 2.24. The predicted molar refractivity (Wildman–Crippen MR) is 134 cm³/mol. The fourth-order valence-electron chi connectivity index (χ4n) is 3.12. The zero-order valence-electron chi connectivity index (χ0n) is 18.8. The third-order valence-corrected chi connectivity index (χ3v) is 6.53. The number of rotatable bonds is 12. The normalized spacial score (nSPS) is 10.9. The average molecular weight is 481 g/mol. The van der Waals surface area contributed by atoms with E-state index in [2.05, 4.69) is 6.92 Å². The van der Waals surface area contributed by atoms with E-state index in [9.17, 15) is 13.5 Å². The summed E-state index contributed by atoms with van der Waals surface area (Å²) in [4.78, 5) is -0.403. The van der Waals surface area contributed by atoms with Crippen LogP contribution >= 0.6 is 11.8 Å². The van der Waals surface area contributed by atoms with Crippen molar-refractivity contribution >= 4 is 27.0 Å². The first-order valence-electron chi connectivity index (χ1n) is 11.0. The first kappa shape index (κ1) is 28.0. The molecule has 178 valence electrons. The van der Waals surface area contributed by atoms with Gasteiger partial charge in [-0.2, -0.15) is 8.42 Å². The van der Waals surface area contributed by atoms with Crippen LogP contribution in [0.5, 0.6) is 5.75 Å². The van der Waals surface area contributed by atoms with Gasteiger partial charge in [0.15, 0.2) is 5.17 Å². The molecule has 0 aromatic heterocycles. The lowest BCUT2D eigenvalue weighted by molar-refractivity contribution is 0.442. The van der Waals surface area contributed by atoms with Crippen LogP contribution < -0.4 is 5.73 Å². The van der Waals surface area contributed by atoms with Crippen molar-refractivity contribution in [3.05, 3.63) is 59.7 Å². The predicted octanol–water partition coefficient (Wildman–Crippen LogP) is 6.14. The molecule has 32 heavy (non-hydrogen) atoms. The van der Waals surface area contributed by atoms with Crippen LogP contribution in [0.25, 0.3) is 0 Å². The smallest absolute Gasteiger partial charge is 0.298 e. The van der Waals surface area contributed by atoms with Crippen LogP contribution in [0.3, 0.4) is 0 Å². The highest BCUT2D eigenvalue weighted by Gasteiger charge is 2.15. The number of amidine groups is 1. The van der Waals surface area contributed by atoms with Crippen molar-refractivity contribution in [1.29, 1.82) is 5.41 Å². The van der Waals surface area contributed by atoms with Gasteiger partial charge in [0.25, 0.3) is 10.1 Å². The number of aryl methyl sites for hydroxylation is 1. The van der Waals surface area contributed by atoms with Crippen molar-refractivity contribution in [2.45, 2.75) is 75.4 Å². The molecule has 0 amide bonds. The van der Waals surface area contributed by atoms with E-state index in [4.69, 9.17) is 15.7 Å². The standard InChI is InChI=1S/C16H26O4S.C8H10N2S/c1-2-3-4-5-6-7-8-9-10-14-11-12-15(17)16(13-14)21(18,19)20;9-8(10)11-6-7-4-2-1-3-5-7/h11-13,17H,2-10H2,1H3,(H,18,19,20);1-5H,6H2,(H3,9,10). The molecular weight excluding hydrogens is 444 g/mol. The second-order valence-electron chi connectivity index (χ2n) is 7.64. The van der Waals surface area contributed by atoms with E-state index in [1.54, 1.807) is 6.07 Å². The molecule has 0 fully saturated rings. The number of aromatic hydroxyl groups is 1. The molecule has 0 aliphatic heterocycles. The zero-order valence-corrected chi connectivity index (χ0v) is 20.4. The van der Waals surface area contributed by atoms with Gasteiger partial charge in [0.1, 0.15) is 10.6 Å². The molecule has 2 aromatic carbocycles. The van der Waals surface area contributed by atoms with Crippen LogP contribution in [0.4, 0.5) is 0 Å². The van der Waals surface area contributed by atoms with E-state index in [1.807, 2.05) is 30.3 Å². The van der Waals surface area contributed by atoms with Crippen molar-refractivity contribution in [3.63, 3.8) is 0 Å². The number of hydrogen-bond donors (Lipinski definition) is 4. The van der Waals surface area contributed by atoms with Crippen LogP contribution in [0.2, 0.25) is 0 Å². The lowest BCUT2D eigenvalue weighted by Crippen LogP contribution is -2.03. The molecule has 0 heterocycles. The zero-order chi connectivity index (χ0) is 23.8. The van der Waals surface area contributed by atoms with Crippen molar-refractivity contribution < 1.29 is 18.1 Å². The topological polar surface area (TPSA) is 124 Å². The summed E-state index contributed by atoms with van der Waals surface area (Å²) in [6.07, 6.45) is 10.5. The number of phenolic OH excluding ortho intramolecular Hbond substituents is 1. The maximum absolute atomic E-state index is 11.1. The van der Waals surface area contributed by atoms with Gasteiger partial charge in [0, 0.05) is 5.75 Å². The van der Waals surface area contributed by atoms with Gasteiger partial charge < -0.3 is 10.8 Å². The van der Waals surface area contributed by atoms with Gasteiger partial charge in [-0.25, -0.2) is 0 Å². The first-order valence-corrected chi connectivity index (χ1v) is 13.5. The van der Waals surface area contributed by atoms with Crippen LogP contribution in [0.15, 0.2) is 53.4 Å². The van der Waals surface area contributed by atoms with Gasteiger partial charge in [-0.3, -0.25) is 9.96 Å². The third kappa shape index (κ3) is 12.7. The van der Waals surface area contributed by atoms with Crippen LogP contribution in [-0.2, 0) is 22.3 Å². The summed E-state index contributed by atoms with van der Waals surface area (Å²) in [7, 11) is -4.35. The monoisotopic (exact) mass is 480 g/mol. The fourth-order valence-corrected chi connectivity index (χ4v) is 4.27. The summed E-state index contributed by atoms with van der Waals surface area (Å²) in [6, 6.07) is 14.4. The second kappa shape index (κ2) is 15.7. The average Bonchev–Trinajstić information content (AvgIpc) is 2.75. The molecule has 2 rings (SSSR count). The Balaban J connectivity index is 0.000000389. The Kier molecular flexibility index (Phi) is 13.8. The molecule has 0 aliphatic rings. The molecule has 0 atom stereocenters. The van der Waals surface area contributed by atoms with Gasteiger partial charge in [-0.15, -0.1) is 0 Å². The maximum Gasteiger partial charge on any atom is 0.298 e. The van der Waals surface area contributed by atoms with E-state index in [0.717, 1.165) is 30.6 Å². The molecule has 8 heteroatoms. The van der Waals surface area contributed by atoms with Crippen LogP contribution in [0.1, 0.15) is 69.4 Å². The molecule has 0 bridgehead atoms. The van der Waals surface area contributed by atoms with E-state index in [0.29, 0.717) is 0 Å². The van der Waals surface area contributed by atoms with Crippen molar-refractivity contribution in [2.75, 3.05) is 0 Å². The highest BCUT2D eigenvalue weighted by molar-refractivity contribution is 8.13. The van der Waals surface area contributed by atoms with E-state index in [-0.39, 0.29) is 5.17 Å². The summed E-state index contributed by atoms with van der Waals surface area (Å²) in [5, 5.41) is 16.6. The van der Waals surface area contributed by atoms with Crippen LogP contribution in [0, 0.1) is 5.41 Å². The Labute approximate surface area is 196 Å². The number of hydrogen-bond acceptors (Lipinski definition) is 5.